The molecule has 0 aliphatic carbocycles. The van der Waals surface area contributed by atoms with Gasteiger partial charge in [-0.25, -0.2) is 4.79 Å². The van der Waals surface area contributed by atoms with Gasteiger partial charge >= 0.3 is 6.09 Å². The number of morpholine rings is 1. The maximum absolute atomic E-state index is 12.3. The van der Waals surface area contributed by atoms with Gasteiger partial charge in [-0.05, 0) is 32.8 Å². The first kappa shape index (κ1) is 14.9. The third-order valence-electron chi connectivity index (χ3n) is 3.17. The Hall–Kier alpha value is -1.55. The summed E-state index contributed by atoms with van der Waals surface area (Å²) in [5.41, 5.74) is 0.740. The van der Waals surface area contributed by atoms with Crippen molar-refractivity contribution < 1.29 is 14.3 Å². The molecule has 1 atom stereocenters. The van der Waals surface area contributed by atoms with Gasteiger partial charge in [-0.15, -0.1) is 0 Å². The molecule has 1 aromatic rings. The molecule has 0 saturated carbocycles. The zero-order valence-electron chi connectivity index (χ0n) is 12.5. The average molecular weight is 277 g/mol. The molecule has 1 aliphatic heterocycles. The first-order chi connectivity index (χ1) is 9.46. The molecule has 2 rings (SSSR count). The number of carbonyl (C=O) groups excluding carboxylic acids is 1. The molecule has 1 unspecified atom stereocenters. The Morgan fingerprint density at radius 2 is 2.05 bits per heavy atom. The highest BCUT2D eigenvalue weighted by molar-refractivity contribution is 5.68. The summed E-state index contributed by atoms with van der Waals surface area (Å²) in [5.74, 6) is 0. The predicted octanol–water partition coefficient (Wildman–Crippen LogP) is 2.87. The molecule has 1 amide bonds. The van der Waals surface area contributed by atoms with E-state index in [1.165, 1.54) is 5.56 Å². The van der Waals surface area contributed by atoms with Crippen LogP contribution in [0.3, 0.4) is 0 Å². The topological polar surface area (TPSA) is 38.8 Å². The van der Waals surface area contributed by atoms with Gasteiger partial charge in [-0.3, -0.25) is 0 Å². The van der Waals surface area contributed by atoms with Crippen molar-refractivity contribution in [3.8, 4) is 0 Å². The standard InChI is InChI=1S/C16H23NO3/c1-16(2,3)20-15(18)17-9-10-19-12-14(17)11-13-7-5-4-6-8-13/h4-8,14H,9-12H2,1-3H3. The Morgan fingerprint density at radius 3 is 2.70 bits per heavy atom. The summed E-state index contributed by atoms with van der Waals surface area (Å²) in [5, 5.41) is 0. The second-order valence-electron chi connectivity index (χ2n) is 6.09. The van der Waals surface area contributed by atoms with Crippen molar-refractivity contribution in [2.75, 3.05) is 19.8 Å². The van der Waals surface area contributed by atoms with Gasteiger partial charge in [0.2, 0.25) is 0 Å². The van der Waals surface area contributed by atoms with Crippen molar-refractivity contribution in [1.82, 2.24) is 4.90 Å². The lowest BCUT2D eigenvalue weighted by Crippen LogP contribution is -2.51. The van der Waals surface area contributed by atoms with Crippen molar-refractivity contribution in [3.63, 3.8) is 0 Å². The van der Waals surface area contributed by atoms with E-state index in [2.05, 4.69) is 12.1 Å². The van der Waals surface area contributed by atoms with Crippen LogP contribution in [0.5, 0.6) is 0 Å². The van der Waals surface area contributed by atoms with Crippen molar-refractivity contribution in [1.29, 1.82) is 0 Å². The first-order valence-electron chi connectivity index (χ1n) is 7.07. The number of amides is 1. The quantitative estimate of drug-likeness (QED) is 0.834. The Labute approximate surface area is 120 Å². The largest absolute Gasteiger partial charge is 0.444 e. The van der Waals surface area contributed by atoms with Gasteiger partial charge in [0.15, 0.2) is 0 Å². The minimum absolute atomic E-state index is 0.0426. The SMILES string of the molecule is CC(C)(C)OC(=O)N1CCOCC1Cc1ccccc1. The summed E-state index contributed by atoms with van der Waals surface area (Å²) in [6.07, 6.45) is 0.543. The molecule has 0 radical (unpaired) electrons. The lowest BCUT2D eigenvalue weighted by Gasteiger charge is -2.36. The fraction of sp³-hybridized carbons (Fsp3) is 0.562. The molecule has 20 heavy (non-hydrogen) atoms. The van der Waals surface area contributed by atoms with Gasteiger partial charge in [0.05, 0.1) is 19.3 Å². The highest BCUT2D eigenvalue weighted by Gasteiger charge is 2.30. The van der Waals surface area contributed by atoms with Crippen molar-refractivity contribution in [2.45, 2.75) is 38.8 Å². The number of rotatable bonds is 2. The van der Waals surface area contributed by atoms with Crippen LogP contribution in [0.4, 0.5) is 4.79 Å². The third kappa shape index (κ3) is 4.23. The summed E-state index contributed by atoms with van der Waals surface area (Å²) in [6, 6.07) is 10.2. The van der Waals surface area contributed by atoms with Crippen LogP contribution in [0.1, 0.15) is 26.3 Å². The van der Waals surface area contributed by atoms with Crippen LogP contribution in [0.2, 0.25) is 0 Å². The number of ether oxygens (including phenoxy) is 2. The smallest absolute Gasteiger partial charge is 0.410 e. The molecular formula is C16H23NO3. The fourth-order valence-electron chi connectivity index (χ4n) is 2.27. The van der Waals surface area contributed by atoms with Crippen molar-refractivity contribution in [2.24, 2.45) is 0 Å². The zero-order chi connectivity index (χ0) is 14.6. The second kappa shape index (κ2) is 6.27. The van der Waals surface area contributed by atoms with Gasteiger partial charge in [0, 0.05) is 6.54 Å². The van der Waals surface area contributed by atoms with E-state index in [-0.39, 0.29) is 12.1 Å². The zero-order valence-corrected chi connectivity index (χ0v) is 12.5. The molecule has 4 heteroatoms. The minimum Gasteiger partial charge on any atom is -0.444 e. The summed E-state index contributed by atoms with van der Waals surface area (Å²) >= 11 is 0. The van der Waals surface area contributed by atoms with E-state index in [0.29, 0.717) is 19.8 Å². The molecule has 1 fully saturated rings. The third-order valence-corrected chi connectivity index (χ3v) is 3.17. The fourth-order valence-corrected chi connectivity index (χ4v) is 2.27. The molecule has 0 spiro atoms. The highest BCUT2D eigenvalue weighted by Crippen LogP contribution is 2.17. The molecule has 1 heterocycles. The molecule has 1 saturated heterocycles. The van der Waals surface area contributed by atoms with Crippen LogP contribution >= 0.6 is 0 Å². The van der Waals surface area contributed by atoms with Crippen LogP contribution in [0, 0.1) is 0 Å². The number of hydrogen-bond donors (Lipinski definition) is 0. The van der Waals surface area contributed by atoms with Crippen LogP contribution in [0.25, 0.3) is 0 Å². The molecule has 0 bridgehead atoms. The monoisotopic (exact) mass is 277 g/mol. The number of hydrogen-bond acceptors (Lipinski definition) is 3. The van der Waals surface area contributed by atoms with E-state index in [1.807, 2.05) is 39.0 Å². The number of carbonyl (C=O) groups is 1. The lowest BCUT2D eigenvalue weighted by molar-refractivity contribution is -0.0319. The maximum atomic E-state index is 12.3. The van der Waals surface area contributed by atoms with E-state index in [1.54, 1.807) is 4.90 Å². The molecule has 0 N–H and O–H groups in total. The molecule has 1 aliphatic rings. The highest BCUT2D eigenvalue weighted by atomic mass is 16.6. The number of nitrogens with zero attached hydrogens (tertiary/aromatic N) is 1. The van der Waals surface area contributed by atoms with Gasteiger partial charge in [0.25, 0.3) is 0 Å². The van der Waals surface area contributed by atoms with E-state index in [9.17, 15) is 4.79 Å². The van der Waals surface area contributed by atoms with Crippen LogP contribution in [-0.4, -0.2) is 42.4 Å². The maximum Gasteiger partial charge on any atom is 0.410 e. The van der Waals surface area contributed by atoms with Gasteiger partial charge < -0.3 is 14.4 Å². The average Bonchev–Trinajstić information content (AvgIpc) is 2.38. The summed E-state index contributed by atoms with van der Waals surface area (Å²) in [7, 11) is 0. The number of benzene rings is 1. The molecule has 1 aromatic carbocycles. The van der Waals surface area contributed by atoms with Crippen molar-refractivity contribution in [3.05, 3.63) is 35.9 Å². The van der Waals surface area contributed by atoms with Crippen LogP contribution in [-0.2, 0) is 15.9 Å². The minimum atomic E-state index is -0.466. The Bertz CT molecular complexity index is 439. The molecule has 0 aromatic heterocycles. The molecular weight excluding hydrogens is 254 g/mol. The summed E-state index contributed by atoms with van der Waals surface area (Å²) < 4.78 is 11.0. The Balaban J connectivity index is 2.03. The van der Waals surface area contributed by atoms with Crippen LogP contribution < -0.4 is 0 Å². The van der Waals surface area contributed by atoms with E-state index in [0.717, 1.165) is 6.42 Å². The van der Waals surface area contributed by atoms with E-state index in [4.69, 9.17) is 9.47 Å². The summed E-state index contributed by atoms with van der Waals surface area (Å²) in [4.78, 5) is 14.1. The Morgan fingerprint density at radius 1 is 1.35 bits per heavy atom. The van der Waals surface area contributed by atoms with E-state index < -0.39 is 5.60 Å². The summed E-state index contributed by atoms with van der Waals surface area (Å²) in [6.45, 7) is 7.39. The first-order valence-corrected chi connectivity index (χ1v) is 7.07. The van der Waals surface area contributed by atoms with Crippen LogP contribution in [0.15, 0.2) is 30.3 Å². The second-order valence-corrected chi connectivity index (χ2v) is 6.09. The lowest BCUT2D eigenvalue weighted by atomic mass is 10.0. The van der Waals surface area contributed by atoms with Gasteiger partial charge in [0.1, 0.15) is 5.60 Å². The van der Waals surface area contributed by atoms with E-state index >= 15 is 0 Å². The Kier molecular flexibility index (Phi) is 4.65. The molecule has 4 nitrogen and oxygen atoms in total. The molecule has 110 valence electrons. The van der Waals surface area contributed by atoms with Gasteiger partial charge in [-0.1, -0.05) is 30.3 Å². The van der Waals surface area contributed by atoms with Gasteiger partial charge in [-0.2, -0.15) is 0 Å². The van der Waals surface area contributed by atoms with Crippen molar-refractivity contribution >= 4 is 6.09 Å². The normalized spacial score (nSPS) is 19.8. The predicted molar refractivity (Wildman–Crippen MR) is 77.7 cm³/mol.